The summed E-state index contributed by atoms with van der Waals surface area (Å²) in [6, 6.07) is 7.44. The quantitative estimate of drug-likeness (QED) is 0.624. The summed E-state index contributed by atoms with van der Waals surface area (Å²) in [4.78, 5) is 35.1. The van der Waals surface area contributed by atoms with Crippen LogP contribution in [0.1, 0.15) is 36.2 Å². The number of aromatic amines is 1. The number of nitrogens with one attached hydrogen (secondary N) is 2. The maximum absolute atomic E-state index is 12.9. The Hall–Kier alpha value is -2.09. The standard InChI is InChI=1S/C24H34ClN5O2/c1-28-11-13-29(14-12-28)8-2-7-26-23(31)15-18-5-9-30(10-6-18)24(32)22-17-19-16-20(25)3-4-21(19)27-22/h3-4,16-18,27H,2,5-15H2,1H3,(H,26,31). The highest BCUT2D eigenvalue weighted by Gasteiger charge is 2.26. The van der Waals surface area contributed by atoms with Gasteiger partial charge in [-0.1, -0.05) is 11.6 Å². The molecule has 174 valence electrons. The largest absolute Gasteiger partial charge is 0.356 e. The summed E-state index contributed by atoms with van der Waals surface area (Å²) >= 11 is 6.05. The SMILES string of the molecule is CN1CCN(CCCNC(=O)CC2CCN(C(=O)c3cc4cc(Cl)ccc4[nH]3)CC2)CC1. The molecule has 3 heterocycles. The molecular formula is C24H34ClN5O2. The number of amides is 2. The van der Waals surface area contributed by atoms with Gasteiger partial charge in [0, 0.05) is 68.2 Å². The first kappa shape index (κ1) is 23.1. The highest BCUT2D eigenvalue weighted by atomic mass is 35.5. The number of aromatic nitrogens is 1. The van der Waals surface area contributed by atoms with E-state index in [9.17, 15) is 9.59 Å². The number of likely N-dealkylation sites (tertiary alicyclic amines) is 1. The van der Waals surface area contributed by atoms with E-state index >= 15 is 0 Å². The molecular weight excluding hydrogens is 426 g/mol. The second-order valence-electron chi connectivity index (χ2n) is 9.20. The van der Waals surface area contributed by atoms with Crippen LogP contribution in [0.5, 0.6) is 0 Å². The number of likely N-dealkylation sites (N-methyl/N-ethyl adjacent to an activating group) is 1. The molecule has 4 rings (SSSR count). The van der Waals surface area contributed by atoms with Crippen LogP contribution in [0, 0.1) is 5.92 Å². The normalized spacial score (nSPS) is 18.9. The number of piperazine rings is 1. The van der Waals surface area contributed by atoms with E-state index in [4.69, 9.17) is 11.6 Å². The lowest BCUT2D eigenvalue weighted by atomic mass is 9.93. The Bertz CT molecular complexity index is 930. The molecule has 0 aliphatic carbocycles. The number of benzene rings is 1. The fourth-order valence-corrected chi connectivity index (χ4v) is 4.85. The highest BCUT2D eigenvalue weighted by molar-refractivity contribution is 6.31. The number of nitrogens with zero attached hydrogens (tertiary/aromatic N) is 3. The fraction of sp³-hybridized carbons (Fsp3) is 0.583. The van der Waals surface area contributed by atoms with Gasteiger partial charge in [0.2, 0.25) is 5.91 Å². The van der Waals surface area contributed by atoms with Crippen molar-refractivity contribution in [1.29, 1.82) is 0 Å². The van der Waals surface area contributed by atoms with E-state index in [1.54, 1.807) is 0 Å². The van der Waals surface area contributed by atoms with Crippen LogP contribution in [0.2, 0.25) is 5.02 Å². The molecule has 2 saturated heterocycles. The van der Waals surface area contributed by atoms with Crippen LogP contribution in [0.15, 0.2) is 24.3 Å². The molecule has 2 amide bonds. The van der Waals surface area contributed by atoms with Crippen LogP contribution in [-0.2, 0) is 4.79 Å². The van der Waals surface area contributed by atoms with E-state index in [0.717, 1.165) is 69.4 Å². The van der Waals surface area contributed by atoms with Crippen LogP contribution in [0.25, 0.3) is 10.9 Å². The molecule has 1 aromatic heterocycles. The average Bonchev–Trinajstić information content (AvgIpc) is 3.21. The zero-order valence-corrected chi connectivity index (χ0v) is 19.7. The van der Waals surface area contributed by atoms with Gasteiger partial charge in [-0.3, -0.25) is 9.59 Å². The van der Waals surface area contributed by atoms with Gasteiger partial charge in [0.05, 0.1) is 0 Å². The minimum Gasteiger partial charge on any atom is -0.356 e. The molecule has 2 aliphatic heterocycles. The van der Waals surface area contributed by atoms with Crippen LogP contribution < -0.4 is 5.32 Å². The Labute approximate surface area is 195 Å². The molecule has 2 fully saturated rings. The van der Waals surface area contributed by atoms with E-state index < -0.39 is 0 Å². The number of carbonyl (C=O) groups excluding carboxylic acids is 2. The maximum Gasteiger partial charge on any atom is 0.270 e. The average molecular weight is 460 g/mol. The first-order chi connectivity index (χ1) is 15.5. The Morgan fingerprint density at radius 1 is 1.09 bits per heavy atom. The molecule has 32 heavy (non-hydrogen) atoms. The Morgan fingerprint density at radius 3 is 2.59 bits per heavy atom. The van der Waals surface area contributed by atoms with Crippen LogP contribution in [-0.4, -0.2) is 90.9 Å². The summed E-state index contributed by atoms with van der Waals surface area (Å²) < 4.78 is 0. The summed E-state index contributed by atoms with van der Waals surface area (Å²) in [5.74, 6) is 0.503. The van der Waals surface area contributed by atoms with Gasteiger partial charge in [-0.05, 0) is 63.0 Å². The monoisotopic (exact) mass is 459 g/mol. The second-order valence-corrected chi connectivity index (χ2v) is 9.64. The fourth-order valence-electron chi connectivity index (χ4n) is 4.67. The number of carbonyl (C=O) groups is 2. The molecule has 0 unspecified atom stereocenters. The number of halogens is 1. The van der Waals surface area contributed by atoms with Gasteiger partial charge >= 0.3 is 0 Å². The molecule has 0 radical (unpaired) electrons. The number of rotatable bonds is 7. The molecule has 0 saturated carbocycles. The summed E-state index contributed by atoms with van der Waals surface area (Å²) in [6.07, 6.45) is 3.29. The number of H-pyrrole nitrogens is 1. The Morgan fingerprint density at radius 2 is 1.84 bits per heavy atom. The first-order valence-electron chi connectivity index (χ1n) is 11.7. The molecule has 0 atom stereocenters. The lowest BCUT2D eigenvalue weighted by Gasteiger charge is -2.32. The Kier molecular flexibility index (Phi) is 7.71. The zero-order chi connectivity index (χ0) is 22.5. The predicted molar refractivity (Wildman–Crippen MR) is 128 cm³/mol. The predicted octanol–water partition coefficient (Wildman–Crippen LogP) is 2.82. The summed E-state index contributed by atoms with van der Waals surface area (Å²) in [6.45, 7) is 7.67. The smallest absolute Gasteiger partial charge is 0.270 e. The van der Waals surface area contributed by atoms with Gasteiger partial charge < -0.3 is 25.0 Å². The van der Waals surface area contributed by atoms with Crippen molar-refractivity contribution in [3.8, 4) is 0 Å². The summed E-state index contributed by atoms with van der Waals surface area (Å²) in [7, 11) is 2.16. The molecule has 1 aromatic carbocycles. The van der Waals surface area contributed by atoms with Crippen molar-refractivity contribution < 1.29 is 9.59 Å². The first-order valence-corrected chi connectivity index (χ1v) is 12.1. The molecule has 8 heteroatoms. The van der Waals surface area contributed by atoms with Crippen molar-refractivity contribution in [3.63, 3.8) is 0 Å². The molecule has 0 bridgehead atoms. The minimum atomic E-state index is 0.0177. The molecule has 2 N–H and O–H groups in total. The van der Waals surface area contributed by atoms with E-state index in [1.165, 1.54) is 0 Å². The summed E-state index contributed by atoms with van der Waals surface area (Å²) in [5, 5.41) is 4.69. The minimum absolute atomic E-state index is 0.0177. The van der Waals surface area contributed by atoms with Crippen molar-refractivity contribution in [2.75, 3.05) is 59.4 Å². The van der Waals surface area contributed by atoms with Crippen LogP contribution >= 0.6 is 11.6 Å². The van der Waals surface area contributed by atoms with Crippen molar-refractivity contribution in [3.05, 3.63) is 35.0 Å². The van der Waals surface area contributed by atoms with Crippen molar-refractivity contribution in [1.82, 2.24) is 25.0 Å². The molecule has 2 aliphatic rings. The maximum atomic E-state index is 12.9. The highest BCUT2D eigenvalue weighted by Crippen LogP contribution is 2.24. The van der Waals surface area contributed by atoms with E-state index in [-0.39, 0.29) is 11.8 Å². The number of hydrogen-bond donors (Lipinski definition) is 2. The Balaban J connectivity index is 1.15. The molecule has 7 nitrogen and oxygen atoms in total. The number of hydrogen-bond acceptors (Lipinski definition) is 4. The third-order valence-corrected chi connectivity index (χ3v) is 6.99. The van der Waals surface area contributed by atoms with Crippen LogP contribution in [0.3, 0.4) is 0 Å². The number of fused-ring (bicyclic) bond motifs is 1. The topological polar surface area (TPSA) is 71.7 Å². The van der Waals surface area contributed by atoms with Gasteiger partial charge in [0.25, 0.3) is 5.91 Å². The van der Waals surface area contributed by atoms with E-state index in [2.05, 4.69) is 27.1 Å². The van der Waals surface area contributed by atoms with Gasteiger partial charge in [-0.25, -0.2) is 0 Å². The van der Waals surface area contributed by atoms with Crippen molar-refractivity contribution in [2.45, 2.75) is 25.7 Å². The number of piperidine rings is 1. The van der Waals surface area contributed by atoms with E-state index in [0.29, 0.717) is 36.1 Å². The third-order valence-electron chi connectivity index (χ3n) is 6.76. The van der Waals surface area contributed by atoms with Gasteiger partial charge in [-0.2, -0.15) is 0 Å². The van der Waals surface area contributed by atoms with Crippen molar-refractivity contribution in [2.24, 2.45) is 5.92 Å². The second kappa shape index (κ2) is 10.7. The van der Waals surface area contributed by atoms with Crippen molar-refractivity contribution >= 4 is 34.3 Å². The van der Waals surface area contributed by atoms with Gasteiger partial charge in [-0.15, -0.1) is 0 Å². The van der Waals surface area contributed by atoms with E-state index in [1.807, 2.05) is 29.2 Å². The molecule has 2 aromatic rings. The van der Waals surface area contributed by atoms with Gasteiger partial charge in [0.15, 0.2) is 0 Å². The molecule has 0 spiro atoms. The lowest BCUT2D eigenvalue weighted by molar-refractivity contribution is -0.122. The van der Waals surface area contributed by atoms with Crippen LogP contribution in [0.4, 0.5) is 0 Å². The zero-order valence-electron chi connectivity index (χ0n) is 18.9. The summed E-state index contributed by atoms with van der Waals surface area (Å²) in [5.41, 5.74) is 1.51. The van der Waals surface area contributed by atoms with Gasteiger partial charge in [0.1, 0.15) is 5.69 Å². The lowest BCUT2D eigenvalue weighted by Crippen LogP contribution is -2.45. The third kappa shape index (κ3) is 6.03.